The number of amides is 1. The van der Waals surface area contributed by atoms with Crippen LogP contribution in [0, 0.1) is 0 Å². The van der Waals surface area contributed by atoms with E-state index in [-0.39, 0.29) is 0 Å². The summed E-state index contributed by atoms with van der Waals surface area (Å²) in [7, 11) is 3.96. The van der Waals surface area contributed by atoms with Crippen LogP contribution in [0.25, 0.3) is 0 Å². The zero-order valence-electron chi connectivity index (χ0n) is 7.26. The summed E-state index contributed by atoms with van der Waals surface area (Å²) in [6.07, 6.45) is 0.728. The van der Waals surface area contributed by atoms with E-state index in [0.29, 0.717) is 0 Å². The Hall–Kier alpha value is -0.610. The average molecular weight is 159 g/mol. The molecule has 0 aromatic heterocycles. The summed E-state index contributed by atoms with van der Waals surface area (Å²) in [6, 6.07) is 0. The Kier molecular flexibility index (Phi) is 7.08. The Balaban J connectivity index is 3.08. The van der Waals surface area contributed by atoms with E-state index in [9.17, 15) is 4.79 Å². The molecule has 0 saturated heterocycles. The molecule has 2 N–H and O–H groups in total. The third kappa shape index (κ3) is 7.29. The lowest BCUT2D eigenvalue weighted by atomic mass is 10.5. The van der Waals surface area contributed by atoms with Crippen LogP contribution in [-0.4, -0.2) is 51.6 Å². The van der Waals surface area contributed by atoms with E-state index in [4.69, 9.17) is 0 Å². The maximum atomic E-state index is 9.86. The molecule has 0 atom stereocenters. The van der Waals surface area contributed by atoms with Gasteiger partial charge >= 0.3 is 0 Å². The number of hydrogen-bond acceptors (Lipinski definition) is 3. The first kappa shape index (κ1) is 10.4. The van der Waals surface area contributed by atoms with Gasteiger partial charge in [-0.25, -0.2) is 0 Å². The monoisotopic (exact) mass is 159 g/mol. The van der Waals surface area contributed by atoms with Gasteiger partial charge < -0.3 is 15.5 Å². The van der Waals surface area contributed by atoms with Gasteiger partial charge in [-0.05, 0) is 14.1 Å². The summed E-state index contributed by atoms with van der Waals surface area (Å²) in [5, 5.41) is 5.67. The summed E-state index contributed by atoms with van der Waals surface area (Å²) >= 11 is 0. The van der Waals surface area contributed by atoms with Crippen LogP contribution in [0.1, 0.15) is 0 Å². The van der Waals surface area contributed by atoms with E-state index < -0.39 is 0 Å². The molecule has 66 valence electrons. The van der Waals surface area contributed by atoms with Crippen LogP contribution >= 0.6 is 0 Å². The molecule has 0 aromatic carbocycles. The molecule has 0 saturated carbocycles. The van der Waals surface area contributed by atoms with Crippen molar-refractivity contribution in [3.05, 3.63) is 0 Å². The standard InChI is InChI=1S/C7H17N3O/c1-8-3-5-10(2)6-4-9-7-11/h7-8H,3-6H2,1-2H3,(H,9,11). The summed E-state index contributed by atoms with van der Waals surface area (Å²) in [4.78, 5) is 12.0. The third-order valence-corrected chi connectivity index (χ3v) is 1.46. The molecular weight excluding hydrogens is 142 g/mol. The largest absolute Gasteiger partial charge is 0.357 e. The van der Waals surface area contributed by atoms with Gasteiger partial charge in [-0.1, -0.05) is 0 Å². The van der Waals surface area contributed by atoms with E-state index >= 15 is 0 Å². The topological polar surface area (TPSA) is 44.4 Å². The Morgan fingerprint density at radius 3 is 2.55 bits per heavy atom. The number of nitrogens with one attached hydrogen (secondary N) is 2. The van der Waals surface area contributed by atoms with Crippen molar-refractivity contribution in [2.75, 3.05) is 40.3 Å². The van der Waals surface area contributed by atoms with E-state index in [0.717, 1.165) is 32.6 Å². The molecule has 0 spiro atoms. The molecule has 1 amide bonds. The highest BCUT2D eigenvalue weighted by molar-refractivity contribution is 5.45. The molecule has 0 rings (SSSR count). The van der Waals surface area contributed by atoms with Crippen molar-refractivity contribution in [3.8, 4) is 0 Å². The van der Waals surface area contributed by atoms with Crippen LogP contribution in [0.15, 0.2) is 0 Å². The van der Waals surface area contributed by atoms with Gasteiger partial charge in [0.2, 0.25) is 6.41 Å². The quantitative estimate of drug-likeness (QED) is 0.365. The number of carbonyl (C=O) groups is 1. The van der Waals surface area contributed by atoms with Gasteiger partial charge in [0.25, 0.3) is 0 Å². The van der Waals surface area contributed by atoms with Crippen molar-refractivity contribution in [3.63, 3.8) is 0 Å². The van der Waals surface area contributed by atoms with Crippen molar-refractivity contribution < 1.29 is 4.79 Å². The maximum absolute atomic E-state index is 9.86. The molecule has 0 bridgehead atoms. The first-order chi connectivity index (χ1) is 5.31. The molecule has 0 aliphatic heterocycles. The van der Waals surface area contributed by atoms with Crippen LogP contribution in [0.3, 0.4) is 0 Å². The lowest BCUT2D eigenvalue weighted by molar-refractivity contribution is -0.109. The number of carbonyl (C=O) groups excluding carboxylic acids is 1. The van der Waals surface area contributed by atoms with Gasteiger partial charge in [0.1, 0.15) is 0 Å². The molecule has 0 radical (unpaired) electrons. The smallest absolute Gasteiger partial charge is 0.207 e. The molecule has 0 aliphatic carbocycles. The van der Waals surface area contributed by atoms with Crippen molar-refractivity contribution in [1.29, 1.82) is 0 Å². The fourth-order valence-electron chi connectivity index (χ4n) is 0.729. The maximum Gasteiger partial charge on any atom is 0.207 e. The zero-order valence-corrected chi connectivity index (χ0v) is 7.26. The second-order valence-electron chi connectivity index (χ2n) is 2.48. The summed E-state index contributed by atoms with van der Waals surface area (Å²) in [5.41, 5.74) is 0. The fraction of sp³-hybridized carbons (Fsp3) is 0.857. The van der Waals surface area contributed by atoms with Crippen molar-refractivity contribution >= 4 is 6.41 Å². The SMILES string of the molecule is CNCCN(C)CCNC=O. The van der Waals surface area contributed by atoms with E-state index in [1.807, 2.05) is 14.1 Å². The van der Waals surface area contributed by atoms with Gasteiger partial charge in [-0.3, -0.25) is 4.79 Å². The van der Waals surface area contributed by atoms with Gasteiger partial charge in [-0.2, -0.15) is 0 Å². The normalized spacial score (nSPS) is 10.1. The number of hydrogen-bond donors (Lipinski definition) is 2. The molecule has 0 heterocycles. The molecule has 4 nitrogen and oxygen atoms in total. The van der Waals surface area contributed by atoms with Gasteiger partial charge in [-0.15, -0.1) is 0 Å². The van der Waals surface area contributed by atoms with Gasteiger partial charge in [0.15, 0.2) is 0 Å². The number of likely N-dealkylation sites (N-methyl/N-ethyl adjacent to an activating group) is 2. The minimum atomic E-state index is 0.726. The van der Waals surface area contributed by atoms with Crippen molar-refractivity contribution in [1.82, 2.24) is 15.5 Å². The average Bonchev–Trinajstić information content (AvgIpc) is 2.01. The second-order valence-corrected chi connectivity index (χ2v) is 2.48. The Bertz CT molecular complexity index is 97.7. The van der Waals surface area contributed by atoms with Crippen LogP contribution in [0.5, 0.6) is 0 Å². The summed E-state index contributed by atoms with van der Waals surface area (Å²) in [6.45, 7) is 3.62. The minimum absolute atomic E-state index is 0.726. The lowest BCUT2D eigenvalue weighted by Gasteiger charge is -2.15. The lowest BCUT2D eigenvalue weighted by Crippen LogP contribution is -2.33. The van der Waals surface area contributed by atoms with Crippen LogP contribution in [0.4, 0.5) is 0 Å². The van der Waals surface area contributed by atoms with Crippen LogP contribution in [0.2, 0.25) is 0 Å². The first-order valence-corrected chi connectivity index (χ1v) is 3.81. The zero-order chi connectivity index (χ0) is 8.53. The molecule has 4 heteroatoms. The summed E-state index contributed by atoms with van der Waals surface area (Å²) in [5.74, 6) is 0. The van der Waals surface area contributed by atoms with Crippen LogP contribution in [-0.2, 0) is 4.79 Å². The molecule has 0 aliphatic rings. The summed E-state index contributed by atoms with van der Waals surface area (Å²) < 4.78 is 0. The molecule has 11 heavy (non-hydrogen) atoms. The second kappa shape index (κ2) is 7.50. The van der Waals surface area contributed by atoms with Crippen LogP contribution < -0.4 is 10.6 Å². The molecular formula is C7H17N3O. The highest BCUT2D eigenvalue weighted by Crippen LogP contribution is 1.77. The highest BCUT2D eigenvalue weighted by atomic mass is 16.1. The highest BCUT2D eigenvalue weighted by Gasteiger charge is 1.94. The number of rotatable bonds is 7. The Labute approximate surface area is 67.9 Å². The van der Waals surface area contributed by atoms with E-state index in [1.165, 1.54) is 0 Å². The van der Waals surface area contributed by atoms with E-state index in [2.05, 4.69) is 15.5 Å². The Morgan fingerprint density at radius 2 is 2.00 bits per heavy atom. The predicted molar refractivity (Wildman–Crippen MR) is 45.5 cm³/mol. The van der Waals surface area contributed by atoms with Crippen molar-refractivity contribution in [2.24, 2.45) is 0 Å². The van der Waals surface area contributed by atoms with E-state index in [1.54, 1.807) is 0 Å². The Morgan fingerprint density at radius 1 is 1.36 bits per heavy atom. The van der Waals surface area contributed by atoms with Gasteiger partial charge in [0, 0.05) is 26.2 Å². The minimum Gasteiger partial charge on any atom is -0.357 e. The predicted octanol–water partition coefficient (Wildman–Crippen LogP) is -1.12. The first-order valence-electron chi connectivity index (χ1n) is 3.81. The molecule has 0 unspecified atom stereocenters. The number of nitrogens with zero attached hydrogens (tertiary/aromatic N) is 1. The molecule has 0 fully saturated rings. The fourth-order valence-corrected chi connectivity index (χ4v) is 0.729. The van der Waals surface area contributed by atoms with Crippen molar-refractivity contribution in [2.45, 2.75) is 0 Å². The molecule has 0 aromatic rings. The third-order valence-electron chi connectivity index (χ3n) is 1.46. The van der Waals surface area contributed by atoms with Gasteiger partial charge in [0.05, 0.1) is 0 Å².